The Morgan fingerprint density at radius 1 is 1.40 bits per heavy atom. The van der Waals surface area contributed by atoms with Crippen LogP contribution in [0, 0.1) is 0 Å². The summed E-state index contributed by atoms with van der Waals surface area (Å²) in [6.45, 7) is 0.421. The zero-order valence-electron chi connectivity index (χ0n) is 10.4. The molecule has 0 saturated carbocycles. The van der Waals surface area contributed by atoms with Crippen LogP contribution in [0.4, 0.5) is 5.69 Å². The van der Waals surface area contributed by atoms with Gasteiger partial charge in [-0.25, -0.2) is 0 Å². The third-order valence-corrected chi connectivity index (χ3v) is 4.77. The van der Waals surface area contributed by atoms with Crippen LogP contribution in [0.2, 0.25) is 0 Å². The number of rotatable bonds is 3. The van der Waals surface area contributed by atoms with Gasteiger partial charge >= 0.3 is 0 Å². The van der Waals surface area contributed by atoms with Gasteiger partial charge in [-0.15, -0.1) is 11.3 Å². The fraction of sp³-hybridized carbons (Fsp3) is 0.0714. The molecule has 0 bridgehead atoms. The fourth-order valence-electron chi connectivity index (χ4n) is 1.95. The lowest BCUT2D eigenvalue weighted by Gasteiger charge is -2.02. The van der Waals surface area contributed by atoms with Crippen LogP contribution in [0.3, 0.4) is 0 Å². The minimum Gasteiger partial charge on any atom is -0.472 e. The first-order valence-corrected chi connectivity index (χ1v) is 7.53. The number of furan rings is 1. The number of nitrogen functional groups attached to an aromatic ring is 1. The van der Waals surface area contributed by atoms with Crippen molar-refractivity contribution in [1.82, 2.24) is 5.32 Å². The Labute approximate surface area is 127 Å². The minimum atomic E-state index is -0.170. The van der Waals surface area contributed by atoms with E-state index in [0.717, 1.165) is 20.1 Å². The Kier molecular flexibility index (Phi) is 3.50. The lowest BCUT2D eigenvalue weighted by atomic mass is 10.2. The van der Waals surface area contributed by atoms with Crippen molar-refractivity contribution in [3.8, 4) is 0 Å². The van der Waals surface area contributed by atoms with Gasteiger partial charge in [0.05, 0.1) is 18.2 Å². The first-order valence-electron chi connectivity index (χ1n) is 5.92. The third-order valence-electron chi connectivity index (χ3n) is 2.94. The van der Waals surface area contributed by atoms with E-state index < -0.39 is 0 Å². The number of hydrogen-bond acceptors (Lipinski definition) is 4. The van der Waals surface area contributed by atoms with Crippen LogP contribution in [0.25, 0.3) is 10.1 Å². The molecule has 3 N–H and O–H groups in total. The highest BCUT2D eigenvalue weighted by Gasteiger charge is 2.17. The van der Waals surface area contributed by atoms with Gasteiger partial charge in [-0.3, -0.25) is 4.79 Å². The topological polar surface area (TPSA) is 68.3 Å². The van der Waals surface area contributed by atoms with Crippen molar-refractivity contribution in [1.29, 1.82) is 0 Å². The average Bonchev–Trinajstić information content (AvgIpc) is 3.05. The van der Waals surface area contributed by atoms with Crippen molar-refractivity contribution in [3.05, 3.63) is 51.7 Å². The van der Waals surface area contributed by atoms with Gasteiger partial charge in [0.1, 0.15) is 4.88 Å². The Bertz CT molecular complexity index is 765. The maximum absolute atomic E-state index is 12.2. The van der Waals surface area contributed by atoms with Crippen molar-refractivity contribution in [2.45, 2.75) is 6.54 Å². The molecule has 102 valence electrons. The standard InChI is InChI=1S/C14H11BrN2O2S/c15-9-2-1-3-10-11(9)12(16)13(20-10)14(18)17-6-8-4-5-19-7-8/h1-5,7H,6,16H2,(H,17,18). The molecular formula is C14H11BrN2O2S. The Hall–Kier alpha value is -1.79. The molecule has 0 saturated heterocycles. The molecule has 2 aromatic heterocycles. The van der Waals surface area contributed by atoms with E-state index in [4.69, 9.17) is 10.2 Å². The molecule has 0 aliphatic heterocycles. The lowest BCUT2D eigenvalue weighted by molar-refractivity contribution is 0.0956. The summed E-state index contributed by atoms with van der Waals surface area (Å²) in [4.78, 5) is 12.8. The molecule has 0 atom stereocenters. The summed E-state index contributed by atoms with van der Waals surface area (Å²) in [6.07, 6.45) is 3.18. The first-order chi connectivity index (χ1) is 9.66. The van der Waals surface area contributed by atoms with Crippen LogP contribution < -0.4 is 11.1 Å². The van der Waals surface area contributed by atoms with E-state index in [1.165, 1.54) is 11.3 Å². The van der Waals surface area contributed by atoms with Crippen molar-refractivity contribution in [2.24, 2.45) is 0 Å². The number of thiophene rings is 1. The number of amides is 1. The number of halogens is 1. The monoisotopic (exact) mass is 350 g/mol. The van der Waals surface area contributed by atoms with Crippen LogP contribution in [0.1, 0.15) is 15.2 Å². The van der Waals surface area contributed by atoms with Crippen molar-refractivity contribution < 1.29 is 9.21 Å². The van der Waals surface area contributed by atoms with Crippen LogP contribution in [-0.4, -0.2) is 5.91 Å². The van der Waals surface area contributed by atoms with Crippen LogP contribution in [-0.2, 0) is 6.54 Å². The number of anilines is 1. The number of hydrogen-bond donors (Lipinski definition) is 2. The normalized spacial score (nSPS) is 10.8. The van der Waals surface area contributed by atoms with Crippen molar-refractivity contribution in [3.63, 3.8) is 0 Å². The number of nitrogens with two attached hydrogens (primary N) is 1. The third kappa shape index (κ3) is 2.32. The molecule has 0 unspecified atom stereocenters. The Morgan fingerprint density at radius 2 is 2.25 bits per heavy atom. The highest BCUT2D eigenvalue weighted by molar-refractivity contribution is 9.10. The molecule has 3 aromatic rings. The summed E-state index contributed by atoms with van der Waals surface area (Å²) >= 11 is 4.86. The molecule has 4 nitrogen and oxygen atoms in total. The SMILES string of the molecule is Nc1c(C(=O)NCc2ccoc2)sc2cccc(Br)c12. The summed E-state index contributed by atoms with van der Waals surface area (Å²) < 4.78 is 6.85. The van der Waals surface area contributed by atoms with Gasteiger partial charge in [0.15, 0.2) is 0 Å². The van der Waals surface area contributed by atoms with E-state index in [9.17, 15) is 4.79 Å². The highest BCUT2D eigenvalue weighted by atomic mass is 79.9. The number of carbonyl (C=O) groups excluding carboxylic acids is 1. The highest BCUT2D eigenvalue weighted by Crippen LogP contribution is 2.38. The molecule has 3 rings (SSSR count). The smallest absolute Gasteiger partial charge is 0.263 e. The molecule has 0 aliphatic carbocycles. The summed E-state index contributed by atoms with van der Waals surface area (Å²) in [6, 6.07) is 7.60. The molecule has 0 spiro atoms. The zero-order valence-corrected chi connectivity index (χ0v) is 12.8. The van der Waals surface area contributed by atoms with Gasteiger partial charge in [-0.2, -0.15) is 0 Å². The van der Waals surface area contributed by atoms with E-state index in [2.05, 4.69) is 21.2 Å². The van der Waals surface area contributed by atoms with E-state index in [1.54, 1.807) is 12.5 Å². The van der Waals surface area contributed by atoms with E-state index in [1.807, 2.05) is 24.3 Å². The molecule has 0 aliphatic rings. The number of benzene rings is 1. The number of nitrogens with one attached hydrogen (secondary N) is 1. The predicted molar refractivity (Wildman–Crippen MR) is 83.8 cm³/mol. The van der Waals surface area contributed by atoms with Gasteiger partial charge in [0, 0.05) is 26.7 Å². The summed E-state index contributed by atoms with van der Waals surface area (Å²) in [5.74, 6) is -0.170. The largest absolute Gasteiger partial charge is 0.472 e. The maximum Gasteiger partial charge on any atom is 0.263 e. The molecule has 1 amide bonds. The first kappa shape index (κ1) is 13.2. The number of carbonyl (C=O) groups is 1. The second-order valence-electron chi connectivity index (χ2n) is 4.27. The molecule has 0 fully saturated rings. The van der Waals surface area contributed by atoms with E-state index in [-0.39, 0.29) is 5.91 Å². The van der Waals surface area contributed by atoms with Crippen molar-refractivity contribution in [2.75, 3.05) is 5.73 Å². The van der Waals surface area contributed by atoms with Gasteiger partial charge in [0.25, 0.3) is 5.91 Å². The summed E-state index contributed by atoms with van der Waals surface area (Å²) in [5, 5.41) is 3.73. The summed E-state index contributed by atoms with van der Waals surface area (Å²) in [7, 11) is 0. The second-order valence-corrected chi connectivity index (χ2v) is 6.18. The van der Waals surface area contributed by atoms with Gasteiger partial charge in [-0.05, 0) is 18.2 Å². The maximum atomic E-state index is 12.2. The molecule has 1 aromatic carbocycles. The minimum absolute atomic E-state index is 0.170. The predicted octanol–water partition coefficient (Wildman–Crippen LogP) is 3.77. The average molecular weight is 351 g/mol. The van der Waals surface area contributed by atoms with Crippen LogP contribution in [0.5, 0.6) is 0 Å². The van der Waals surface area contributed by atoms with Crippen molar-refractivity contribution >= 4 is 48.9 Å². The van der Waals surface area contributed by atoms with E-state index in [0.29, 0.717) is 17.1 Å². The van der Waals surface area contributed by atoms with Gasteiger partial charge in [0.2, 0.25) is 0 Å². The van der Waals surface area contributed by atoms with Crippen LogP contribution in [0.15, 0.2) is 45.7 Å². The summed E-state index contributed by atoms with van der Waals surface area (Å²) in [5.41, 5.74) is 7.52. The van der Waals surface area contributed by atoms with Crippen LogP contribution >= 0.6 is 27.3 Å². The fourth-order valence-corrected chi connectivity index (χ4v) is 3.73. The van der Waals surface area contributed by atoms with E-state index >= 15 is 0 Å². The lowest BCUT2D eigenvalue weighted by Crippen LogP contribution is -2.22. The Balaban J connectivity index is 1.88. The molecule has 6 heteroatoms. The molecule has 20 heavy (non-hydrogen) atoms. The van der Waals surface area contributed by atoms with Gasteiger partial charge in [-0.1, -0.05) is 22.0 Å². The molecule has 2 heterocycles. The molecular weight excluding hydrogens is 340 g/mol. The molecule has 0 radical (unpaired) electrons. The number of fused-ring (bicyclic) bond motifs is 1. The zero-order chi connectivity index (χ0) is 14.1. The second kappa shape index (κ2) is 5.30. The quantitative estimate of drug-likeness (QED) is 0.755. The van der Waals surface area contributed by atoms with Gasteiger partial charge < -0.3 is 15.5 Å². The Morgan fingerprint density at radius 3 is 2.95 bits per heavy atom.